The summed E-state index contributed by atoms with van der Waals surface area (Å²) >= 11 is 6.27. The fraction of sp³-hybridized carbons (Fsp3) is 0.280. The van der Waals surface area contributed by atoms with Crippen LogP contribution >= 0.6 is 11.6 Å². The second kappa shape index (κ2) is 9.40. The third kappa shape index (κ3) is 4.67. The zero-order chi connectivity index (χ0) is 21.8. The van der Waals surface area contributed by atoms with Crippen LogP contribution in [0, 0.1) is 0 Å². The van der Waals surface area contributed by atoms with Gasteiger partial charge in [0.15, 0.2) is 0 Å². The van der Waals surface area contributed by atoms with Gasteiger partial charge in [0.2, 0.25) is 5.91 Å². The lowest BCUT2D eigenvalue weighted by atomic mass is 10.0. The number of piperazine rings is 1. The molecule has 0 aromatic heterocycles. The van der Waals surface area contributed by atoms with E-state index in [0.29, 0.717) is 17.0 Å². The summed E-state index contributed by atoms with van der Waals surface area (Å²) in [5, 5.41) is 5.31. The smallest absolute Gasteiger partial charge is 0.256 e. The zero-order valence-corrected chi connectivity index (χ0v) is 18.4. The van der Waals surface area contributed by atoms with Crippen molar-refractivity contribution in [3.8, 4) is 0 Å². The molecule has 1 fully saturated rings. The standard InChI is InChI=1S/C25H26ClN3O2/c1-2-5-24(30)29-16-14-28(15-17-29)19-12-10-18(11-13-19)27-25(31)22-8-3-7-21-20(22)6-4-9-23(21)26/h3-4,6-13H,2,5,14-17H2,1H3,(H,27,31). The maximum atomic E-state index is 12.9. The predicted molar refractivity (Wildman–Crippen MR) is 127 cm³/mol. The van der Waals surface area contributed by atoms with Gasteiger partial charge in [-0.1, -0.05) is 42.8 Å². The van der Waals surface area contributed by atoms with Crippen LogP contribution in [0.15, 0.2) is 60.7 Å². The number of rotatable bonds is 5. The van der Waals surface area contributed by atoms with Crippen molar-refractivity contribution in [1.82, 2.24) is 4.90 Å². The molecule has 0 aliphatic carbocycles. The highest BCUT2D eigenvalue weighted by atomic mass is 35.5. The summed E-state index contributed by atoms with van der Waals surface area (Å²) in [7, 11) is 0. The molecule has 1 aliphatic rings. The summed E-state index contributed by atoms with van der Waals surface area (Å²) in [5.41, 5.74) is 2.43. The Morgan fingerprint density at radius 3 is 2.29 bits per heavy atom. The van der Waals surface area contributed by atoms with Gasteiger partial charge in [0.1, 0.15) is 0 Å². The van der Waals surface area contributed by atoms with E-state index in [2.05, 4.69) is 10.2 Å². The summed E-state index contributed by atoms with van der Waals surface area (Å²) in [6, 6.07) is 19.0. The molecule has 6 heteroatoms. The molecule has 3 aromatic carbocycles. The van der Waals surface area contributed by atoms with Gasteiger partial charge in [-0.2, -0.15) is 0 Å². The van der Waals surface area contributed by atoms with Crippen LogP contribution in [0.2, 0.25) is 5.02 Å². The van der Waals surface area contributed by atoms with Gasteiger partial charge in [-0.25, -0.2) is 0 Å². The molecular weight excluding hydrogens is 410 g/mol. The molecule has 1 N–H and O–H groups in total. The number of carbonyl (C=O) groups excluding carboxylic acids is 2. The van der Waals surface area contributed by atoms with Crippen LogP contribution in [-0.2, 0) is 4.79 Å². The first kappa shape index (κ1) is 21.2. The first-order valence-corrected chi connectivity index (χ1v) is 11.1. The molecule has 0 saturated carbocycles. The zero-order valence-electron chi connectivity index (χ0n) is 17.6. The minimum Gasteiger partial charge on any atom is -0.368 e. The van der Waals surface area contributed by atoms with Gasteiger partial charge in [-0.15, -0.1) is 0 Å². The molecular formula is C25H26ClN3O2. The lowest BCUT2D eigenvalue weighted by Crippen LogP contribution is -2.48. The Hall–Kier alpha value is -3.05. The van der Waals surface area contributed by atoms with E-state index < -0.39 is 0 Å². The van der Waals surface area contributed by atoms with Crippen LogP contribution in [0.4, 0.5) is 11.4 Å². The molecule has 0 spiro atoms. The average molecular weight is 436 g/mol. The summed E-state index contributed by atoms with van der Waals surface area (Å²) < 4.78 is 0. The fourth-order valence-electron chi connectivity index (χ4n) is 4.01. The van der Waals surface area contributed by atoms with Crippen LogP contribution < -0.4 is 10.2 Å². The topological polar surface area (TPSA) is 52.7 Å². The number of hydrogen-bond acceptors (Lipinski definition) is 3. The molecule has 160 valence electrons. The number of carbonyl (C=O) groups is 2. The van der Waals surface area contributed by atoms with Crippen molar-refractivity contribution in [2.75, 3.05) is 36.4 Å². The Bertz CT molecular complexity index is 1090. The normalized spacial score (nSPS) is 14.0. The minimum atomic E-state index is -0.163. The van der Waals surface area contributed by atoms with Crippen LogP contribution in [0.3, 0.4) is 0 Å². The van der Waals surface area contributed by atoms with Crippen molar-refractivity contribution in [3.05, 3.63) is 71.2 Å². The van der Waals surface area contributed by atoms with Crippen LogP contribution in [0.5, 0.6) is 0 Å². The number of fused-ring (bicyclic) bond motifs is 1. The first-order chi connectivity index (χ1) is 15.1. The molecule has 31 heavy (non-hydrogen) atoms. The quantitative estimate of drug-likeness (QED) is 0.599. The van der Waals surface area contributed by atoms with Crippen LogP contribution in [-0.4, -0.2) is 42.9 Å². The number of amides is 2. The van der Waals surface area contributed by atoms with Crippen LogP contribution in [0.25, 0.3) is 10.8 Å². The summed E-state index contributed by atoms with van der Waals surface area (Å²) in [4.78, 5) is 29.2. The number of anilines is 2. The minimum absolute atomic E-state index is 0.163. The molecule has 3 aromatic rings. The Morgan fingerprint density at radius 1 is 0.903 bits per heavy atom. The van der Waals surface area contributed by atoms with E-state index in [9.17, 15) is 9.59 Å². The molecule has 1 saturated heterocycles. The van der Waals surface area contributed by atoms with Gasteiger partial charge < -0.3 is 15.1 Å². The second-order valence-corrected chi connectivity index (χ2v) is 8.17. The van der Waals surface area contributed by atoms with Gasteiger partial charge in [-0.05, 0) is 48.2 Å². The maximum absolute atomic E-state index is 12.9. The Balaban J connectivity index is 1.41. The van der Waals surface area contributed by atoms with E-state index in [4.69, 9.17) is 11.6 Å². The van der Waals surface area contributed by atoms with Gasteiger partial charge in [0, 0.05) is 59.9 Å². The third-order valence-electron chi connectivity index (χ3n) is 5.70. The largest absolute Gasteiger partial charge is 0.368 e. The number of nitrogens with zero attached hydrogens (tertiary/aromatic N) is 2. The lowest BCUT2D eigenvalue weighted by Gasteiger charge is -2.36. The SMILES string of the molecule is CCCC(=O)N1CCN(c2ccc(NC(=O)c3cccc4c(Cl)cccc34)cc2)CC1. The molecule has 5 nitrogen and oxygen atoms in total. The molecule has 0 unspecified atom stereocenters. The predicted octanol–water partition coefficient (Wildman–Crippen LogP) is 5.19. The molecule has 2 amide bonds. The van der Waals surface area contributed by atoms with Gasteiger partial charge in [0.25, 0.3) is 5.91 Å². The highest BCUT2D eigenvalue weighted by Gasteiger charge is 2.20. The average Bonchev–Trinajstić information content (AvgIpc) is 2.80. The Kier molecular flexibility index (Phi) is 6.42. The number of benzene rings is 3. The van der Waals surface area contributed by atoms with E-state index in [1.165, 1.54) is 0 Å². The Labute approximate surface area is 187 Å². The van der Waals surface area contributed by atoms with E-state index >= 15 is 0 Å². The van der Waals surface area contributed by atoms with E-state index in [0.717, 1.165) is 54.7 Å². The molecule has 0 bridgehead atoms. The Morgan fingerprint density at radius 2 is 1.58 bits per heavy atom. The number of nitrogens with one attached hydrogen (secondary N) is 1. The monoisotopic (exact) mass is 435 g/mol. The third-order valence-corrected chi connectivity index (χ3v) is 6.03. The van der Waals surface area contributed by atoms with Crippen molar-refractivity contribution in [2.24, 2.45) is 0 Å². The van der Waals surface area contributed by atoms with Gasteiger partial charge >= 0.3 is 0 Å². The highest BCUT2D eigenvalue weighted by Crippen LogP contribution is 2.27. The molecule has 4 rings (SSSR count). The van der Waals surface area contributed by atoms with Crippen molar-refractivity contribution in [2.45, 2.75) is 19.8 Å². The van der Waals surface area contributed by atoms with Crippen molar-refractivity contribution in [3.63, 3.8) is 0 Å². The lowest BCUT2D eigenvalue weighted by molar-refractivity contribution is -0.131. The fourth-order valence-corrected chi connectivity index (χ4v) is 4.25. The second-order valence-electron chi connectivity index (χ2n) is 7.76. The van der Waals surface area contributed by atoms with Crippen LogP contribution in [0.1, 0.15) is 30.1 Å². The molecule has 1 aliphatic heterocycles. The molecule has 0 radical (unpaired) electrons. The summed E-state index contributed by atoms with van der Waals surface area (Å²) in [5.74, 6) is 0.0820. The maximum Gasteiger partial charge on any atom is 0.256 e. The van der Waals surface area contributed by atoms with Gasteiger partial charge in [-0.3, -0.25) is 9.59 Å². The van der Waals surface area contributed by atoms with E-state index in [-0.39, 0.29) is 11.8 Å². The highest BCUT2D eigenvalue weighted by molar-refractivity contribution is 6.36. The van der Waals surface area contributed by atoms with E-state index in [1.54, 1.807) is 0 Å². The number of halogens is 1. The van der Waals surface area contributed by atoms with Crippen molar-refractivity contribution < 1.29 is 9.59 Å². The number of hydrogen-bond donors (Lipinski definition) is 1. The van der Waals surface area contributed by atoms with E-state index in [1.807, 2.05) is 72.5 Å². The molecule has 0 atom stereocenters. The van der Waals surface area contributed by atoms with Gasteiger partial charge in [0.05, 0.1) is 0 Å². The first-order valence-electron chi connectivity index (χ1n) is 10.7. The summed E-state index contributed by atoms with van der Waals surface area (Å²) in [6.45, 7) is 5.17. The summed E-state index contributed by atoms with van der Waals surface area (Å²) in [6.07, 6.45) is 1.51. The van der Waals surface area contributed by atoms with Crippen molar-refractivity contribution >= 4 is 45.6 Å². The van der Waals surface area contributed by atoms with Crippen molar-refractivity contribution in [1.29, 1.82) is 0 Å². The molecule has 1 heterocycles.